The predicted octanol–water partition coefficient (Wildman–Crippen LogP) is 10.7. The van der Waals surface area contributed by atoms with Crippen LogP contribution in [-0.4, -0.2) is 22.9 Å². The summed E-state index contributed by atoms with van der Waals surface area (Å²) in [5, 5.41) is 3.06. The Morgan fingerprint density at radius 3 is 1.86 bits per heavy atom. The summed E-state index contributed by atoms with van der Waals surface area (Å²) in [6.45, 7) is 5.49. The average Bonchev–Trinajstić information content (AvgIpc) is 3.52. The summed E-state index contributed by atoms with van der Waals surface area (Å²) in [4.78, 5) is 21.2. The summed E-state index contributed by atoms with van der Waals surface area (Å²) < 4.78 is 6.39. The van der Waals surface area contributed by atoms with E-state index in [9.17, 15) is 4.79 Å². The molecule has 0 amide bonds. The zero-order valence-corrected chi connectivity index (χ0v) is 29.0. The van der Waals surface area contributed by atoms with Crippen molar-refractivity contribution in [3.63, 3.8) is 0 Å². The van der Waals surface area contributed by atoms with E-state index in [1.807, 2.05) is 11.3 Å². The molecule has 0 saturated heterocycles. The van der Waals surface area contributed by atoms with Crippen LogP contribution in [0.25, 0.3) is 20.3 Å². The minimum atomic E-state index is -2.22. The van der Waals surface area contributed by atoms with Gasteiger partial charge in [0.15, 0.2) is 0 Å². The van der Waals surface area contributed by atoms with Crippen LogP contribution in [0.15, 0.2) is 22.3 Å². The maximum atomic E-state index is 13.7. The van der Waals surface area contributed by atoms with Crippen LogP contribution in [0.4, 0.5) is 0 Å². The van der Waals surface area contributed by atoms with Crippen molar-refractivity contribution in [2.75, 3.05) is 0 Å². The molecule has 0 fully saturated rings. The van der Waals surface area contributed by atoms with E-state index in [-0.39, 0.29) is 5.56 Å². The van der Waals surface area contributed by atoms with Crippen LogP contribution in [0.2, 0.25) is 14.8 Å². The Labute approximate surface area is 239 Å². The van der Waals surface area contributed by atoms with Gasteiger partial charge in [-0.15, -0.1) is 0 Å². The molecule has 3 heterocycles. The second-order valence-corrected chi connectivity index (χ2v) is 29.7. The summed E-state index contributed by atoms with van der Waals surface area (Å²) in [7, 11) is 0. The van der Waals surface area contributed by atoms with Crippen molar-refractivity contribution >= 4 is 64.2 Å². The molecule has 0 radical (unpaired) electrons. The molecule has 2 nitrogen and oxygen atoms in total. The molecule has 0 N–H and O–H groups in total. The number of hydrogen-bond acceptors (Lipinski definition) is 3. The van der Waals surface area contributed by atoms with Crippen molar-refractivity contribution in [1.82, 2.24) is 4.57 Å². The maximum absolute atomic E-state index is 13.7. The molecule has 0 aliphatic rings. The molecule has 37 heavy (non-hydrogen) atoms. The third kappa shape index (κ3) is 9.38. The first-order valence-electron chi connectivity index (χ1n) is 15.4. The first kappa shape index (κ1) is 31.2. The third-order valence-electron chi connectivity index (χ3n) is 7.96. The summed E-state index contributed by atoms with van der Waals surface area (Å²) in [5.41, 5.74) is 1.48. The fraction of sp³-hybridized carbons (Fsp3) is 0.719. The molecule has 5 heteroatoms. The monoisotopic (exact) mass is 651 g/mol. The van der Waals surface area contributed by atoms with Crippen molar-refractivity contribution in [3.05, 3.63) is 27.9 Å². The van der Waals surface area contributed by atoms with Gasteiger partial charge in [0.2, 0.25) is 0 Å². The van der Waals surface area contributed by atoms with Crippen LogP contribution in [-0.2, 0) is 6.54 Å². The van der Waals surface area contributed by atoms with Crippen molar-refractivity contribution in [2.45, 2.75) is 138 Å². The van der Waals surface area contributed by atoms with Crippen LogP contribution in [0.1, 0.15) is 117 Å². The van der Waals surface area contributed by atoms with Gasteiger partial charge < -0.3 is 0 Å². The van der Waals surface area contributed by atoms with Crippen LogP contribution < -0.4 is 8.45 Å². The Morgan fingerprint density at radius 2 is 1.32 bits per heavy atom. The minimum absolute atomic E-state index is 0.251. The molecule has 1 unspecified atom stereocenters. The average molecular weight is 651 g/mol. The van der Waals surface area contributed by atoms with Crippen LogP contribution >= 0.6 is 22.7 Å². The van der Waals surface area contributed by atoms with Crippen LogP contribution in [0.3, 0.4) is 0 Å². The van der Waals surface area contributed by atoms with Crippen molar-refractivity contribution in [2.24, 2.45) is 5.92 Å². The van der Waals surface area contributed by atoms with Gasteiger partial charge in [-0.2, -0.15) is 0 Å². The standard InChI is InChI=1S/C29H44NOS2.3CH3.Sn/c1-3-5-7-9-11-12-14-16-18-24(17-15-13-10-8-6-4-2)23-30-26-20-22-33-28(26)27-25(29(30)31)19-21-32-27;;;;/h19-21,24H,3-18,23H2,1-2H3;3*1H3;. The normalized spacial score (nSPS) is 13.2. The molecule has 3 rings (SSSR count). The van der Waals surface area contributed by atoms with E-state index in [2.05, 4.69) is 50.7 Å². The fourth-order valence-corrected chi connectivity index (χ4v) is 13.0. The molecule has 0 aliphatic heterocycles. The van der Waals surface area contributed by atoms with Gasteiger partial charge in [0.05, 0.1) is 0 Å². The molecule has 0 spiro atoms. The fourth-order valence-electron chi connectivity index (χ4n) is 5.57. The quantitative estimate of drug-likeness (QED) is 0.0935. The van der Waals surface area contributed by atoms with Crippen molar-refractivity contribution in [3.8, 4) is 0 Å². The molecular formula is C32H53NOS2Sn. The molecule has 0 aliphatic carbocycles. The van der Waals surface area contributed by atoms with E-state index in [0.717, 1.165) is 11.9 Å². The van der Waals surface area contributed by atoms with Crippen molar-refractivity contribution < 1.29 is 0 Å². The summed E-state index contributed by atoms with van der Waals surface area (Å²) >= 11 is 1.52. The van der Waals surface area contributed by atoms with Gasteiger partial charge in [-0.1, -0.05) is 39.5 Å². The summed E-state index contributed by atoms with van der Waals surface area (Å²) in [5.74, 6) is 0.616. The second kappa shape index (κ2) is 16.1. The molecule has 0 saturated carbocycles. The zero-order chi connectivity index (χ0) is 26.7. The Kier molecular flexibility index (Phi) is 13.5. The van der Waals surface area contributed by atoms with Gasteiger partial charge in [0.25, 0.3) is 0 Å². The van der Waals surface area contributed by atoms with E-state index in [1.165, 1.54) is 118 Å². The Bertz CT molecular complexity index is 1120. The van der Waals surface area contributed by atoms with Gasteiger partial charge in [-0.25, -0.2) is 0 Å². The van der Waals surface area contributed by atoms with Gasteiger partial charge in [-0.05, 0) is 0 Å². The molecular weight excluding hydrogens is 597 g/mol. The van der Waals surface area contributed by atoms with Gasteiger partial charge >= 0.3 is 201 Å². The number of thiophene rings is 2. The van der Waals surface area contributed by atoms with Gasteiger partial charge in [0, 0.05) is 0 Å². The first-order chi connectivity index (χ1) is 17.9. The van der Waals surface area contributed by atoms with E-state index < -0.39 is 18.4 Å². The number of unbranched alkanes of at least 4 members (excludes halogenated alkanes) is 12. The molecule has 0 aromatic carbocycles. The number of fused-ring (bicyclic) bond motifs is 3. The number of aromatic nitrogens is 1. The van der Waals surface area contributed by atoms with Gasteiger partial charge in [-0.3, -0.25) is 0 Å². The molecule has 1 atom stereocenters. The topological polar surface area (TPSA) is 22.0 Å². The van der Waals surface area contributed by atoms with E-state index in [1.54, 1.807) is 14.2 Å². The molecule has 0 bridgehead atoms. The van der Waals surface area contributed by atoms with Gasteiger partial charge in [0.1, 0.15) is 0 Å². The van der Waals surface area contributed by atoms with E-state index >= 15 is 0 Å². The first-order valence-corrected chi connectivity index (χ1v) is 27.1. The number of pyridine rings is 1. The predicted molar refractivity (Wildman–Crippen MR) is 173 cm³/mol. The number of nitrogens with zero attached hydrogens (tertiary/aromatic N) is 1. The zero-order valence-electron chi connectivity index (χ0n) is 24.5. The molecule has 208 valence electrons. The van der Waals surface area contributed by atoms with Crippen LogP contribution in [0, 0.1) is 5.92 Å². The third-order valence-corrected chi connectivity index (χ3v) is 19.6. The Morgan fingerprint density at radius 1 is 0.784 bits per heavy atom. The van der Waals surface area contributed by atoms with E-state index in [0.29, 0.717) is 5.92 Å². The number of rotatable bonds is 19. The Hall–Kier alpha value is -0.331. The van der Waals surface area contributed by atoms with Crippen LogP contribution in [0.5, 0.6) is 0 Å². The summed E-state index contributed by atoms with van der Waals surface area (Å²) in [6, 6.07) is 4.49. The molecule has 3 aromatic heterocycles. The molecule has 3 aromatic rings. The van der Waals surface area contributed by atoms with E-state index in [4.69, 9.17) is 0 Å². The Balaban J connectivity index is 1.74. The SMILES string of the molecule is CCCCCCCCCCC(CCCCCCCC)Cn1c(=O)c2ccsc2c2s[c]([Sn]([CH3])([CH3])[CH3])cc21. The number of hydrogen-bond donors (Lipinski definition) is 0. The van der Waals surface area contributed by atoms with Crippen molar-refractivity contribution in [1.29, 1.82) is 0 Å². The second-order valence-electron chi connectivity index (χ2n) is 12.3. The summed E-state index contributed by atoms with van der Waals surface area (Å²) in [6.07, 6.45) is 21.6.